The van der Waals surface area contributed by atoms with E-state index in [9.17, 15) is 4.79 Å². The number of piperidine rings is 1. The maximum absolute atomic E-state index is 12.2. The van der Waals surface area contributed by atoms with Gasteiger partial charge in [-0.25, -0.2) is 0 Å². The third-order valence-electron chi connectivity index (χ3n) is 4.26. The summed E-state index contributed by atoms with van der Waals surface area (Å²) in [6, 6.07) is 5.81. The van der Waals surface area contributed by atoms with Gasteiger partial charge in [-0.3, -0.25) is 4.79 Å². The average Bonchev–Trinajstić information content (AvgIpc) is 2.47. The molecule has 0 atom stereocenters. The number of carbonyl (C=O) groups excluding carboxylic acids is 1. The topological polar surface area (TPSA) is 32.3 Å². The minimum Gasteiger partial charge on any atom is -0.352 e. The lowest BCUT2D eigenvalue weighted by Crippen LogP contribution is -2.35. The highest BCUT2D eigenvalue weighted by molar-refractivity contribution is 9.10. The molecule has 1 aromatic carbocycles. The zero-order valence-corrected chi connectivity index (χ0v) is 14.6. The second kappa shape index (κ2) is 7.95. The number of rotatable bonds is 5. The van der Waals surface area contributed by atoms with Crippen LogP contribution in [0.15, 0.2) is 22.7 Å². The molecule has 1 aliphatic heterocycles. The summed E-state index contributed by atoms with van der Waals surface area (Å²) >= 11 is 3.42. The molecule has 0 bridgehead atoms. The van der Waals surface area contributed by atoms with Gasteiger partial charge in [-0.1, -0.05) is 28.9 Å². The van der Waals surface area contributed by atoms with Crippen molar-refractivity contribution in [2.24, 2.45) is 5.92 Å². The number of nitrogens with zero attached hydrogens (tertiary/aromatic N) is 1. The van der Waals surface area contributed by atoms with E-state index in [-0.39, 0.29) is 5.91 Å². The Hall–Kier alpha value is -0.870. The number of nitrogens with one attached hydrogen (secondary N) is 1. The van der Waals surface area contributed by atoms with Crippen molar-refractivity contribution in [1.82, 2.24) is 10.2 Å². The van der Waals surface area contributed by atoms with Crippen LogP contribution in [0.4, 0.5) is 0 Å². The van der Waals surface area contributed by atoms with Crippen LogP contribution < -0.4 is 5.32 Å². The molecule has 1 aliphatic rings. The monoisotopic (exact) mass is 352 g/mol. The molecule has 0 spiro atoms. The van der Waals surface area contributed by atoms with Crippen LogP contribution in [0.2, 0.25) is 0 Å². The number of aryl methyl sites for hydroxylation is 1. The van der Waals surface area contributed by atoms with Crippen LogP contribution in [-0.4, -0.2) is 37.0 Å². The smallest absolute Gasteiger partial charge is 0.251 e. The number of hydrogen-bond acceptors (Lipinski definition) is 2. The Morgan fingerprint density at radius 2 is 2.10 bits per heavy atom. The highest BCUT2D eigenvalue weighted by Gasteiger charge is 2.15. The molecule has 1 aromatic rings. The fourth-order valence-corrected chi connectivity index (χ4v) is 3.09. The molecule has 0 aromatic heterocycles. The van der Waals surface area contributed by atoms with Crippen molar-refractivity contribution in [3.8, 4) is 0 Å². The van der Waals surface area contributed by atoms with Crippen LogP contribution in [0.1, 0.15) is 42.1 Å². The van der Waals surface area contributed by atoms with Crippen LogP contribution in [0.5, 0.6) is 0 Å². The van der Waals surface area contributed by atoms with Gasteiger partial charge < -0.3 is 10.2 Å². The summed E-state index contributed by atoms with van der Waals surface area (Å²) in [6.07, 6.45) is 3.64. The second-order valence-electron chi connectivity index (χ2n) is 6.09. The van der Waals surface area contributed by atoms with Crippen LogP contribution in [0.3, 0.4) is 0 Å². The summed E-state index contributed by atoms with van der Waals surface area (Å²) in [4.78, 5) is 14.7. The summed E-state index contributed by atoms with van der Waals surface area (Å²) < 4.78 is 0.945. The minimum atomic E-state index is 0.0288. The number of hydrogen-bond donors (Lipinski definition) is 1. The number of likely N-dealkylation sites (tertiary alicyclic amines) is 1. The van der Waals surface area contributed by atoms with Crippen LogP contribution >= 0.6 is 15.9 Å². The molecule has 0 saturated carbocycles. The van der Waals surface area contributed by atoms with Gasteiger partial charge in [0.1, 0.15) is 0 Å². The molecule has 21 heavy (non-hydrogen) atoms. The quantitative estimate of drug-likeness (QED) is 0.821. The Labute approximate surface area is 136 Å². The van der Waals surface area contributed by atoms with Crippen LogP contribution in [-0.2, 0) is 0 Å². The van der Waals surface area contributed by atoms with Gasteiger partial charge in [0.2, 0.25) is 0 Å². The van der Waals surface area contributed by atoms with Gasteiger partial charge in [0.05, 0.1) is 0 Å². The van der Waals surface area contributed by atoms with Crippen molar-refractivity contribution in [1.29, 1.82) is 0 Å². The zero-order chi connectivity index (χ0) is 15.2. The molecule has 4 heteroatoms. The van der Waals surface area contributed by atoms with E-state index in [4.69, 9.17) is 0 Å². The number of benzene rings is 1. The van der Waals surface area contributed by atoms with Crippen molar-refractivity contribution < 1.29 is 4.79 Å². The van der Waals surface area contributed by atoms with Crippen molar-refractivity contribution in [3.05, 3.63) is 33.8 Å². The molecular formula is C17H25BrN2O. The van der Waals surface area contributed by atoms with Gasteiger partial charge in [-0.15, -0.1) is 0 Å². The molecule has 1 saturated heterocycles. The van der Waals surface area contributed by atoms with Crippen molar-refractivity contribution in [2.75, 3.05) is 26.2 Å². The number of halogens is 1. The molecule has 1 N–H and O–H groups in total. The molecule has 0 unspecified atom stereocenters. The number of amides is 1. The third-order valence-corrected chi connectivity index (χ3v) is 4.75. The van der Waals surface area contributed by atoms with Gasteiger partial charge in [-0.2, -0.15) is 0 Å². The lowest BCUT2D eigenvalue weighted by atomic mass is 9.99. The third kappa shape index (κ3) is 5.11. The summed E-state index contributed by atoms with van der Waals surface area (Å²) in [5.41, 5.74) is 1.77. The Kier molecular flexibility index (Phi) is 6.24. The fraction of sp³-hybridized carbons (Fsp3) is 0.588. The Bertz CT molecular complexity index is 482. The highest BCUT2D eigenvalue weighted by atomic mass is 79.9. The fourth-order valence-electron chi connectivity index (χ4n) is 2.72. The van der Waals surface area contributed by atoms with Gasteiger partial charge >= 0.3 is 0 Å². The summed E-state index contributed by atoms with van der Waals surface area (Å²) in [6.45, 7) is 8.55. The maximum atomic E-state index is 12.2. The van der Waals surface area contributed by atoms with E-state index in [0.717, 1.165) is 41.0 Å². The molecule has 1 heterocycles. The van der Waals surface area contributed by atoms with E-state index in [1.165, 1.54) is 25.9 Å². The first-order valence-electron chi connectivity index (χ1n) is 7.83. The normalized spacial score (nSPS) is 16.9. The van der Waals surface area contributed by atoms with Gasteiger partial charge in [0, 0.05) is 16.6 Å². The predicted molar refractivity (Wildman–Crippen MR) is 90.7 cm³/mol. The van der Waals surface area contributed by atoms with E-state index in [1.54, 1.807) is 0 Å². The van der Waals surface area contributed by atoms with Crippen LogP contribution in [0.25, 0.3) is 0 Å². The summed E-state index contributed by atoms with van der Waals surface area (Å²) in [7, 11) is 0. The maximum Gasteiger partial charge on any atom is 0.251 e. The van der Waals surface area contributed by atoms with Crippen molar-refractivity contribution >= 4 is 21.8 Å². The largest absolute Gasteiger partial charge is 0.352 e. The van der Waals surface area contributed by atoms with Crippen molar-refractivity contribution in [2.45, 2.75) is 33.1 Å². The van der Waals surface area contributed by atoms with E-state index in [1.807, 2.05) is 25.1 Å². The highest BCUT2D eigenvalue weighted by Crippen LogP contribution is 2.17. The number of carbonyl (C=O) groups is 1. The summed E-state index contributed by atoms with van der Waals surface area (Å²) in [5.74, 6) is 0.904. The molecule has 2 rings (SSSR count). The average molecular weight is 353 g/mol. The van der Waals surface area contributed by atoms with E-state index in [2.05, 4.69) is 33.1 Å². The molecule has 0 aliphatic carbocycles. The first-order valence-corrected chi connectivity index (χ1v) is 8.62. The molecule has 1 amide bonds. The van der Waals surface area contributed by atoms with E-state index in [0.29, 0.717) is 0 Å². The van der Waals surface area contributed by atoms with E-state index < -0.39 is 0 Å². The Balaban J connectivity index is 1.71. The minimum absolute atomic E-state index is 0.0288. The molecule has 116 valence electrons. The molecule has 1 fully saturated rings. The van der Waals surface area contributed by atoms with E-state index >= 15 is 0 Å². The SMILES string of the molecule is Cc1ccc(Br)cc1C(=O)NCCCN1CCC(C)CC1. The second-order valence-corrected chi connectivity index (χ2v) is 7.01. The first kappa shape index (κ1) is 16.5. The van der Waals surface area contributed by atoms with Gasteiger partial charge in [0.25, 0.3) is 5.91 Å². The lowest BCUT2D eigenvalue weighted by molar-refractivity contribution is 0.0950. The molecule has 3 nitrogen and oxygen atoms in total. The van der Waals surface area contributed by atoms with Gasteiger partial charge in [0.15, 0.2) is 0 Å². The van der Waals surface area contributed by atoms with Crippen molar-refractivity contribution in [3.63, 3.8) is 0 Å². The van der Waals surface area contributed by atoms with Gasteiger partial charge in [-0.05, 0) is 69.4 Å². The Morgan fingerprint density at radius 3 is 2.81 bits per heavy atom. The summed E-state index contributed by atoms with van der Waals surface area (Å²) in [5, 5.41) is 3.03. The van der Waals surface area contributed by atoms with Crippen LogP contribution in [0, 0.1) is 12.8 Å². The molecule has 0 radical (unpaired) electrons. The zero-order valence-electron chi connectivity index (χ0n) is 13.0. The lowest BCUT2D eigenvalue weighted by Gasteiger charge is -2.30. The standard InChI is InChI=1S/C17H25BrN2O/c1-13-6-10-20(11-7-13)9-3-8-19-17(21)16-12-15(18)5-4-14(16)2/h4-5,12-13H,3,6-11H2,1-2H3,(H,19,21). The Morgan fingerprint density at radius 1 is 1.38 bits per heavy atom. The molecular weight excluding hydrogens is 328 g/mol. The first-order chi connectivity index (χ1) is 10.1. The predicted octanol–water partition coefficient (Wildman–Crippen LogP) is 3.61.